The second kappa shape index (κ2) is 11.2. The van der Waals surface area contributed by atoms with Crippen molar-refractivity contribution in [1.29, 1.82) is 0 Å². The lowest BCUT2D eigenvalue weighted by atomic mass is 10.2. The number of methoxy groups -OCH3 is 1. The van der Waals surface area contributed by atoms with E-state index in [1.54, 1.807) is 12.1 Å². The van der Waals surface area contributed by atoms with Crippen molar-refractivity contribution in [3.8, 4) is 11.5 Å². The fourth-order valence-corrected chi connectivity index (χ4v) is 2.24. The Morgan fingerprint density at radius 2 is 1.65 bits per heavy atom. The van der Waals surface area contributed by atoms with Gasteiger partial charge in [0.1, 0.15) is 18.0 Å². The topological polar surface area (TPSA) is 120 Å². The number of carbonyl (C=O) groups excluding carboxylic acids is 4. The smallest absolute Gasteiger partial charge is 0.387 e. The molecular weight excluding hydrogens is 418 g/mol. The molecule has 0 bridgehead atoms. The molecule has 0 spiro atoms. The Morgan fingerprint density at radius 1 is 0.935 bits per heavy atom. The fourth-order valence-electron chi connectivity index (χ4n) is 2.24. The van der Waals surface area contributed by atoms with Crippen LogP contribution in [0.25, 0.3) is 0 Å². The summed E-state index contributed by atoms with van der Waals surface area (Å²) in [6.07, 6.45) is 0. The van der Waals surface area contributed by atoms with Gasteiger partial charge in [0.15, 0.2) is 6.61 Å². The molecule has 0 radical (unpaired) electrons. The van der Waals surface area contributed by atoms with Crippen molar-refractivity contribution < 1.29 is 42.2 Å². The van der Waals surface area contributed by atoms with Gasteiger partial charge in [0, 0.05) is 11.1 Å². The summed E-state index contributed by atoms with van der Waals surface area (Å²) >= 11 is 0. The highest BCUT2D eigenvalue weighted by molar-refractivity contribution is 6.05. The van der Waals surface area contributed by atoms with Crippen LogP contribution in [0, 0.1) is 0 Å². The summed E-state index contributed by atoms with van der Waals surface area (Å²) in [5.74, 6) is -2.86. The Kier molecular flexibility index (Phi) is 8.43. The Hall–Kier alpha value is -4.02. The molecule has 0 saturated carbocycles. The Bertz CT molecular complexity index is 949. The van der Waals surface area contributed by atoms with Gasteiger partial charge in [-0.15, -0.1) is 0 Å². The molecular formula is C20H18F2N2O7. The van der Waals surface area contributed by atoms with E-state index in [4.69, 9.17) is 4.74 Å². The van der Waals surface area contributed by atoms with E-state index in [-0.39, 0.29) is 16.9 Å². The van der Waals surface area contributed by atoms with Gasteiger partial charge in [-0.2, -0.15) is 8.78 Å². The molecule has 0 aliphatic carbocycles. The third kappa shape index (κ3) is 7.72. The largest absolute Gasteiger partial charge is 0.497 e. The molecule has 3 amide bonds. The van der Waals surface area contributed by atoms with E-state index in [2.05, 4.69) is 14.8 Å². The minimum atomic E-state index is -3.00. The predicted octanol–water partition coefficient (Wildman–Crippen LogP) is 1.53. The van der Waals surface area contributed by atoms with E-state index in [1.165, 1.54) is 31.4 Å². The summed E-state index contributed by atoms with van der Waals surface area (Å²) in [6.45, 7) is -4.26. The highest BCUT2D eigenvalue weighted by atomic mass is 19.3. The second-order valence-electron chi connectivity index (χ2n) is 5.86. The van der Waals surface area contributed by atoms with E-state index in [0.29, 0.717) is 5.75 Å². The minimum absolute atomic E-state index is 0.00634. The van der Waals surface area contributed by atoms with E-state index >= 15 is 0 Å². The third-order valence-corrected chi connectivity index (χ3v) is 3.68. The lowest BCUT2D eigenvalue weighted by Crippen LogP contribution is -2.36. The van der Waals surface area contributed by atoms with E-state index < -0.39 is 43.5 Å². The van der Waals surface area contributed by atoms with Crippen molar-refractivity contribution in [2.24, 2.45) is 0 Å². The molecule has 0 atom stereocenters. The molecule has 0 saturated heterocycles. The number of nitrogens with one attached hydrogen (secondary N) is 2. The van der Waals surface area contributed by atoms with E-state index in [0.717, 1.165) is 12.1 Å². The van der Waals surface area contributed by atoms with Crippen molar-refractivity contribution in [2.45, 2.75) is 6.61 Å². The van der Waals surface area contributed by atoms with Gasteiger partial charge in [-0.05, 0) is 42.5 Å². The van der Waals surface area contributed by atoms with Gasteiger partial charge in [-0.1, -0.05) is 6.07 Å². The van der Waals surface area contributed by atoms with Crippen LogP contribution in [0.3, 0.4) is 0 Å². The van der Waals surface area contributed by atoms with Crippen LogP contribution < -0.4 is 20.1 Å². The third-order valence-electron chi connectivity index (χ3n) is 3.68. The summed E-state index contributed by atoms with van der Waals surface area (Å²) in [5, 5.41) is 4.30. The highest BCUT2D eigenvalue weighted by Crippen LogP contribution is 2.15. The molecule has 0 aliphatic rings. The molecule has 2 aromatic rings. The molecule has 2 aromatic carbocycles. The van der Waals surface area contributed by atoms with Crippen molar-refractivity contribution in [1.82, 2.24) is 10.6 Å². The number of benzene rings is 2. The van der Waals surface area contributed by atoms with E-state index in [9.17, 15) is 28.0 Å². The standard InChI is InChI=1S/C20H18F2N2O7/c1-29-15-4-2-3-13(9-15)18(27)23-10-17(26)30-11-16(25)24-19(28)12-5-7-14(8-6-12)31-20(21)22/h2-9,20H,10-11H2,1H3,(H,23,27)(H,24,25,28). The van der Waals surface area contributed by atoms with Crippen LogP contribution in [0.4, 0.5) is 8.78 Å². The van der Waals surface area contributed by atoms with Crippen LogP contribution in [0.2, 0.25) is 0 Å². The molecule has 164 valence electrons. The van der Waals surface area contributed by atoms with E-state index in [1.807, 2.05) is 5.32 Å². The first kappa shape index (κ1) is 23.3. The SMILES string of the molecule is COc1cccc(C(=O)NCC(=O)OCC(=O)NC(=O)c2ccc(OC(F)F)cc2)c1. The number of hydrogen-bond donors (Lipinski definition) is 2. The quantitative estimate of drug-likeness (QED) is 0.572. The molecule has 0 heterocycles. The van der Waals surface area contributed by atoms with Crippen molar-refractivity contribution in [3.05, 3.63) is 59.7 Å². The Balaban J connectivity index is 1.74. The zero-order valence-corrected chi connectivity index (χ0v) is 16.2. The van der Waals surface area contributed by atoms with Crippen LogP contribution in [0.5, 0.6) is 11.5 Å². The Morgan fingerprint density at radius 3 is 2.29 bits per heavy atom. The first-order valence-electron chi connectivity index (χ1n) is 8.75. The maximum atomic E-state index is 12.1. The Labute approximate surface area is 175 Å². The molecule has 31 heavy (non-hydrogen) atoms. The fraction of sp³-hybridized carbons (Fsp3) is 0.200. The van der Waals surface area contributed by atoms with Gasteiger partial charge in [0.25, 0.3) is 17.7 Å². The zero-order valence-electron chi connectivity index (χ0n) is 16.2. The summed E-state index contributed by atoms with van der Waals surface area (Å²) in [4.78, 5) is 47.3. The van der Waals surface area contributed by atoms with Crippen molar-refractivity contribution in [2.75, 3.05) is 20.3 Å². The second-order valence-corrected chi connectivity index (χ2v) is 5.86. The average Bonchev–Trinajstić information content (AvgIpc) is 2.76. The monoisotopic (exact) mass is 436 g/mol. The number of amides is 3. The summed E-state index contributed by atoms with van der Waals surface area (Å²) in [6, 6.07) is 10.9. The number of halogens is 2. The lowest BCUT2D eigenvalue weighted by Gasteiger charge is -2.08. The number of carbonyl (C=O) groups is 4. The normalized spacial score (nSPS) is 10.2. The first-order valence-corrected chi connectivity index (χ1v) is 8.75. The molecule has 0 unspecified atom stereocenters. The van der Waals surface area contributed by atoms with Gasteiger partial charge in [0.05, 0.1) is 7.11 Å². The first-order chi connectivity index (χ1) is 14.8. The summed E-state index contributed by atoms with van der Waals surface area (Å²) in [7, 11) is 1.45. The van der Waals surface area contributed by atoms with Crippen LogP contribution in [-0.4, -0.2) is 50.6 Å². The van der Waals surface area contributed by atoms with Crippen LogP contribution in [-0.2, 0) is 14.3 Å². The van der Waals surface area contributed by atoms with Crippen LogP contribution in [0.1, 0.15) is 20.7 Å². The highest BCUT2D eigenvalue weighted by Gasteiger charge is 2.14. The number of imide groups is 1. The molecule has 9 nitrogen and oxygen atoms in total. The number of hydrogen-bond acceptors (Lipinski definition) is 7. The number of rotatable bonds is 9. The maximum Gasteiger partial charge on any atom is 0.387 e. The molecule has 2 N–H and O–H groups in total. The maximum absolute atomic E-state index is 12.1. The molecule has 11 heteroatoms. The summed E-state index contributed by atoms with van der Waals surface area (Å²) in [5.41, 5.74) is 0.271. The number of ether oxygens (including phenoxy) is 3. The zero-order chi connectivity index (χ0) is 22.8. The average molecular weight is 436 g/mol. The van der Waals surface area contributed by atoms with Gasteiger partial charge in [-0.3, -0.25) is 24.5 Å². The van der Waals surface area contributed by atoms with Gasteiger partial charge >= 0.3 is 12.6 Å². The van der Waals surface area contributed by atoms with Crippen molar-refractivity contribution in [3.63, 3.8) is 0 Å². The van der Waals surface area contributed by atoms with Crippen LogP contribution >= 0.6 is 0 Å². The van der Waals surface area contributed by atoms with Gasteiger partial charge < -0.3 is 19.5 Å². The van der Waals surface area contributed by atoms with Crippen molar-refractivity contribution >= 4 is 23.7 Å². The lowest BCUT2D eigenvalue weighted by molar-refractivity contribution is -0.147. The minimum Gasteiger partial charge on any atom is -0.497 e. The number of esters is 1. The molecule has 0 fully saturated rings. The molecule has 0 aliphatic heterocycles. The molecule has 0 aromatic heterocycles. The van der Waals surface area contributed by atoms with Gasteiger partial charge in [-0.25, -0.2) is 0 Å². The predicted molar refractivity (Wildman–Crippen MR) is 102 cm³/mol. The molecule has 2 rings (SSSR count). The number of alkyl halides is 2. The summed E-state index contributed by atoms with van der Waals surface area (Å²) < 4.78 is 38.0. The van der Waals surface area contributed by atoms with Gasteiger partial charge in [0.2, 0.25) is 0 Å². The van der Waals surface area contributed by atoms with Crippen LogP contribution in [0.15, 0.2) is 48.5 Å².